The number of aliphatic imine (C=N–C) groups is 1. The summed E-state index contributed by atoms with van der Waals surface area (Å²) in [4.78, 5) is 29.8. The molecule has 5 rings (SSSR count). The van der Waals surface area contributed by atoms with E-state index in [-0.39, 0.29) is 60.7 Å². The van der Waals surface area contributed by atoms with Gasteiger partial charge in [-0.3, -0.25) is 14.4 Å². The average Bonchev–Trinajstić information content (AvgIpc) is 3.69. The maximum absolute atomic E-state index is 13.8. The molecule has 0 spiro atoms. The molecule has 5 aromatic rings. The van der Waals surface area contributed by atoms with E-state index in [4.69, 9.17) is 45.3 Å². The van der Waals surface area contributed by atoms with Gasteiger partial charge in [-0.1, -0.05) is 42.5 Å². The van der Waals surface area contributed by atoms with Crippen molar-refractivity contribution in [3.63, 3.8) is 0 Å². The van der Waals surface area contributed by atoms with E-state index < -0.39 is 5.91 Å². The number of benzene rings is 2. The van der Waals surface area contributed by atoms with Crippen LogP contribution >= 0.6 is 0 Å². The number of hydrogen-bond acceptors (Lipinski definition) is 14. The SMILES string of the molecule is CNc1cc(C(=O)NCc2ccc(OC)cc2OC)nc(-c2nnc(C(=NC/C=C/C#N)/C(OCc3ccccc3)=C(/C)N)n2Cc2ccc(OC)nc2)c1C=N.[CH3][Sb]. The van der Waals surface area contributed by atoms with Gasteiger partial charge in [0.2, 0.25) is 5.88 Å². The van der Waals surface area contributed by atoms with E-state index in [0.29, 0.717) is 34.3 Å². The summed E-state index contributed by atoms with van der Waals surface area (Å²) in [7, 11) is 6.31. The van der Waals surface area contributed by atoms with Crippen molar-refractivity contribution in [3.8, 4) is 35.0 Å². The van der Waals surface area contributed by atoms with Crippen molar-refractivity contribution in [2.45, 2.75) is 31.5 Å². The predicted molar refractivity (Wildman–Crippen MR) is 227 cm³/mol. The number of anilines is 1. The van der Waals surface area contributed by atoms with Gasteiger partial charge < -0.3 is 40.7 Å². The number of nitrogens with zero attached hydrogens (tertiary/aromatic N) is 7. The van der Waals surface area contributed by atoms with Gasteiger partial charge in [-0.15, -0.1) is 10.2 Å². The number of pyridine rings is 2. The van der Waals surface area contributed by atoms with Gasteiger partial charge in [0.15, 0.2) is 17.4 Å². The second-order valence-electron chi connectivity index (χ2n) is 12.2. The number of methoxy groups -OCH3 is 3. The molecule has 5 N–H and O–H groups in total. The second-order valence-corrected chi connectivity index (χ2v) is 12.2. The Morgan fingerprint density at radius 3 is 2.44 bits per heavy atom. The zero-order valence-corrected chi connectivity index (χ0v) is 36.2. The van der Waals surface area contributed by atoms with Crippen molar-refractivity contribution in [1.29, 1.82) is 10.7 Å². The number of aromatic nitrogens is 5. The Hall–Kier alpha value is -6.72. The van der Waals surface area contributed by atoms with Gasteiger partial charge in [0.1, 0.15) is 35.2 Å². The van der Waals surface area contributed by atoms with Crippen LogP contribution in [0.4, 0.5) is 5.69 Å². The van der Waals surface area contributed by atoms with Crippen LogP contribution in [0, 0.1) is 16.7 Å². The van der Waals surface area contributed by atoms with Crippen molar-refractivity contribution in [2.24, 2.45) is 10.7 Å². The molecule has 0 atom stereocenters. The fraction of sp³-hybridized carbons (Fsp3) is 0.238. The van der Waals surface area contributed by atoms with Crippen LogP contribution in [0.3, 0.4) is 0 Å². The summed E-state index contributed by atoms with van der Waals surface area (Å²) in [6, 6.07) is 22.0. The van der Waals surface area contributed by atoms with E-state index in [1.807, 2.05) is 42.5 Å². The summed E-state index contributed by atoms with van der Waals surface area (Å²) in [6.07, 6.45) is 5.69. The molecule has 59 heavy (non-hydrogen) atoms. The Labute approximate surface area is 357 Å². The molecule has 0 aliphatic carbocycles. The van der Waals surface area contributed by atoms with E-state index in [1.165, 1.54) is 20.3 Å². The van der Waals surface area contributed by atoms with Crippen molar-refractivity contribution in [3.05, 3.63) is 130 Å². The van der Waals surface area contributed by atoms with Gasteiger partial charge in [-0.2, -0.15) is 5.26 Å². The van der Waals surface area contributed by atoms with E-state index in [2.05, 4.69) is 30.7 Å². The zero-order chi connectivity index (χ0) is 42.7. The van der Waals surface area contributed by atoms with Gasteiger partial charge in [-0.05, 0) is 36.2 Å². The molecule has 0 saturated heterocycles. The van der Waals surface area contributed by atoms with Gasteiger partial charge in [0, 0.05) is 61.0 Å². The number of hydrogen-bond donors (Lipinski definition) is 4. The Balaban J connectivity index is 0.00000378. The first-order valence-corrected chi connectivity index (χ1v) is 20.6. The number of nitriles is 1. The first kappa shape index (κ1) is 45.0. The van der Waals surface area contributed by atoms with Crippen molar-refractivity contribution >= 4 is 46.5 Å². The molecule has 3 heterocycles. The fourth-order valence-corrected chi connectivity index (χ4v) is 5.66. The molecule has 0 aliphatic rings. The van der Waals surface area contributed by atoms with Crippen LogP contribution < -0.4 is 30.6 Å². The number of amides is 1. The van der Waals surface area contributed by atoms with Crippen LogP contribution in [0.25, 0.3) is 11.5 Å². The average molecular weight is 907 g/mol. The number of allylic oxidation sites excluding steroid dienone is 3. The van der Waals surface area contributed by atoms with Gasteiger partial charge >= 0.3 is 27.9 Å². The van der Waals surface area contributed by atoms with Crippen LogP contribution in [-0.4, -0.2) is 101 Å². The Morgan fingerprint density at radius 1 is 1.03 bits per heavy atom. The van der Waals surface area contributed by atoms with Crippen molar-refractivity contribution in [1.82, 2.24) is 30.0 Å². The van der Waals surface area contributed by atoms with E-state index in [9.17, 15) is 4.79 Å². The first-order valence-electron chi connectivity index (χ1n) is 18.1. The molecule has 16 nitrogen and oxygen atoms in total. The molecule has 2 aromatic carbocycles. The second kappa shape index (κ2) is 22.9. The molecule has 0 aliphatic heterocycles. The molecule has 2 radical (unpaired) electrons. The fourth-order valence-electron chi connectivity index (χ4n) is 5.66. The van der Waals surface area contributed by atoms with Gasteiger partial charge in [-0.25, -0.2) is 9.97 Å². The van der Waals surface area contributed by atoms with Gasteiger partial charge in [0.05, 0.1) is 46.2 Å². The molecular formula is C42H46N11O5Sb. The number of nitrogens with one attached hydrogen (secondary N) is 3. The molecule has 0 fully saturated rings. The number of nitrogens with two attached hydrogens (primary N) is 1. The summed E-state index contributed by atoms with van der Waals surface area (Å²) in [6.45, 7) is 2.22. The zero-order valence-electron chi connectivity index (χ0n) is 33.7. The summed E-state index contributed by atoms with van der Waals surface area (Å²) >= 11 is 1.75. The summed E-state index contributed by atoms with van der Waals surface area (Å²) in [5.74, 6) is 1.78. The van der Waals surface area contributed by atoms with E-state index in [0.717, 1.165) is 22.9 Å². The normalized spacial score (nSPS) is 11.4. The third-order valence-electron chi connectivity index (χ3n) is 8.51. The Morgan fingerprint density at radius 2 is 1.81 bits per heavy atom. The van der Waals surface area contributed by atoms with E-state index >= 15 is 0 Å². The van der Waals surface area contributed by atoms with Crippen LogP contribution in [-0.2, 0) is 24.4 Å². The Kier molecular flexibility index (Phi) is 17.4. The first-order chi connectivity index (χ1) is 28.7. The Bertz CT molecular complexity index is 2330. The van der Waals surface area contributed by atoms with Crippen LogP contribution in [0.15, 0.2) is 102 Å². The number of rotatable bonds is 18. The third-order valence-corrected chi connectivity index (χ3v) is 8.51. The minimum atomic E-state index is -0.488. The van der Waals surface area contributed by atoms with Crippen LogP contribution in [0.1, 0.15) is 45.5 Å². The molecule has 0 unspecified atom stereocenters. The predicted octanol–water partition coefficient (Wildman–Crippen LogP) is 5.26. The van der Waals surface area contributed by atoms with Crippen molar-refractivity contribution in [2.75, 3.05) is 40.2 Å². The monoisotopic (exact) mass is 905 g/mol. The maximum atomic E-state index is 13.8. The molecular weight excluding hydrogens is 860 g/mol. The number of carbonyl (C=O) groups excluding carboxylic acids is 1. The minimum absolute atomic E-state index is 0.0507. The standard InChI is InChI=1S/C41H43N11O5.CH3.Sb/c1-26(44)38(57-25-27-11-7-6-8-12-27)37(46-18-10-9-17-42)40-51-50-39(52(40)24-28-13-16-35(56-5)47-22-28)36-31(21-43)32(45-2)20-33(49-36)41(53)48-23-29-14-15-30(54-3)19-34(29)55-4;;/h6-16,19-22,43H,18,23-25,44H2,1-5H3,(H,45,49)(H,48,53);1H3;/b10-9+,38-26+,43-21?,46-37?;;. The van der Waals surface area contributed by atoms with Crippen LogP contribution in [0.5, 0.6) is 17.4 Å². The molecule has 1 amide bonds. The van der Waals surface area contributed by atoms with Crippen molar-refractivity contribution < 1.29 is 23.7 Å². The third kappa shape index (κ3) is 11.7. The topological polar surface area (TPSA) is 221 Å². The summed E-state index contributed by atoms with van der Waals surface area (Å²) < 4.78 is 24.2. The summed E-state index contributed by atoms with van der Waals surface area (Å²) in [5.41, 5.74) is 10.4. The quantitative estimate of drug-likeness (QED) is 0.0383. The molecule has 3 aromatic heterocycles. The number of ether oxygens (including phenoxy) is 4. The molecule has 304 valence electrons. The molecule has 0 bridgehead atoms. The van der Waals surface area contributed by atoms with Gasteiger partial charge in [0.25, 0.3) is 5.91 Å². The molecule has 0 saturated carbocycles. The molecule has 17 heteroatoms. The summed E-state index contributed by atoms with van der Waals surface area (Å²) in [5, 5.41) is 32.8. The van der Waals surface area contributed by atoms with E-state index in [1.54, 1.807) is 91.3 Å². The van der Waals surface area contributed by atoms with Crippen LogP contribution in [0.2, 0.25) is 4.87 Å². The number of carbonyl (C=O) groups is 1.